The standard InChI is InChI=1S/C12H17F3N2/c1-8(2)6-9-4-3-5-10(7-9)11(17-16)12(13,14)15/h3-5,7-8,11,17H,6,16H2,1-2H3. The van der Waals surface area contributed by atoms with Crippen molar-refractivity contribution in [3.63, 3.8) is 0 Å². The minimum absolute atomic E-state index is 0.151. The summed E-state index contributed by atoms with van der Waals surface area (Å²) in [4.78, 5) is 0. The van der Waals surface area contributed by atoms with E-state index >= 15 is 0 Å². The molecule has 96 valence electrons. The topological polar surface area (TPSA) is 38.0 Å². The third-order valence-corrected chi connectivity index (χ3v) is 2.42. The van der Waals surface area contributed by atoms with Crippen molar-refractivity contribution >= 4 is 0 Å². The molecular weight excluding hydrogens is 229 g/mol. The maximum absolute atomic E-state index is 12.7. The number of halogens is 3. The monoisotopic (exact) mass is 246 g/mol. The van der Waals surface area contributed by atoms with Crippen LogP contribution in [-0.2, 0) is 6.42 Å². The Labute approximate surface area is 99.0 Å². The van der Waals surface area contributed by atoms with Gasteiger partial charge in [0.2, 0.25) is 0 Å². The molecule has 0 aliphatic carbocycles. The van der Waals surface area contributed by atoms with Crippen molar-refractivity contribution in [2.24, 2.45) is 11.8 Å². The minimum atomic E-state index is -4.38. The highest BCUT2D eigenvalue weighted by molar-refractivity contribution is 5.27. The first-order valence-electron chi connectivity index (χ1n) is 5.46. The first-order valence-corrected chi connectivity index (χ1v) is 5.46. The van der Waals surface area contributed by atoms with Gasteiger partial charge in [-0.15, -0.1) is 0 Å². The van der Waals surface area contributed by atoms with Crippen LogP contribution in [0.2, 0.25) is 0 Å². The van der Waals surface area contributed by atoms with E-state index in [0.29, 0.717) is 5.92 Å². The van der Waals surface area contributed by atoms with E-state index < -0.39 is 12.2 Å². The molecule has 0 saturated carbocycles. The molecule has 3 N–H and O–H groups in total. The van der Waals surface area contributed by atoms with Gasteiger partial charge in [-0.25, -0.2) is 5.43 Å². The van der Waals surface area contributed by atoms with Crippen LogP contribution < -0.4 is 11.3 Å². The fourth-order valence-electron chi connectivity index (χ4n) is 1.75. The van der Waals surface area contributed by atoms with Gasteiger partial charge in [0.05, 0.1) is 0 Å². The fourth-order valence-corrected chi connectivity index (χ4v) is 1.75. The maximum atomic E-state index is 12.7. The smallest absolute Gasteiger partial charge is 0.271 e. The summed E-state index contributed by atoms with van der Waals surface area (Å²) >= 11 is 0. The van der Waals surface area contributed by atoms with E-state index in [1.54, 1.807) is 12.1 Å². The molecule has 1 aromatic rings. The molecule has 1 aromatic carbocycles. The van der Waals surface area contributed by atoms with Gasteiger partial charge in [-0.3, -0.25) is 5.84 Å². The van der Waals surface area contributed by atoms with Gasteiger partial charge < -0.3 is 0 Å². The molecule has 1 rings (SSSR count). The number of benzene rings is 1. The van der Waals surface area contributed by atoms with E-state index in [2.05, 4.69) is 0 Å². The van der Waals surface area contributed by atoms with Crippen LogP contribution >= 0.6 is 0 Å². The number of alkyl halides is 3. The summed E-state index contributed by atoms with van der Waals surface area (Å²) in [6.45, 7) is 4.05. The van der Waals surface area contributed by atoms with Crippen molar-refractivity contribution in [1.82, 2.24) is 5.43 Å². The summed E-state index contributed by atoms with van der Waals surface area (Å²) in [5.41, 5.74) is 2.86. The van der Waals surface area contributed by atoms with E-state index in [9.17, 15) is 13.2 Å². The second kappa shape index (κ2) is 5.51. The molecule has 0 aliphatic rings. The second-order valence-electron chi connectivity index (χ2n) is 4.48. The molecule has 0 heterocycles. The molecule has 17 heavy (non-hydrogen) atoms. The molecule has 0 aromatic heterocycles. The summed E-state index contributed by atoms with van der Waals surface area (Å²) in [7, 11) is 0. The van der Waals surface area contributed by atoms with Gasteiger partial charge in [-0.2, -0.15) is 13.2 Å². The highest BCUT2D eigenvalue weighted by Crippen LogP contribution is 2.32. The second-order valence-corrected chi connectivity index (χ2v) is 4.48. The van der Waals surface area contributed by atoms with E-state index in [1.807, 2.05) is 25.3 Å². The van der Waals surface area contributed by atoms with Crippen LogP contribution in [0.3, 0.4) is 0 Å². The Hall–Kier alpha value is -1.07. The normalized spacial score (nSPS) is 14.1. The van der Waals surface area contributed by atoms with Crippen LogP contribution in [0.4, 0.5) is 13.2 Å². The number of hydrazine groups is 1. The predicted octanol–water partition coefficient (Wildman–Crippen LogP) is 2.95. The van der Waals surface area contributed by atoms with Crippen molar-refractivity contribution in [2.45, 2.75) is 32.5 Å². The van der Waals surface area contributed by atoms with Crippen LogP contribution in [0, 0.1) is 5.92 Å². The Bertz CT molecular complexity index is 361. The molecule has 0 amide bonds. The third-order valence-electron chi connectivity index (χ3n) is 2.42. The number of hydrogen-bond donors (Lipinski definition) is 2. The molecule has 0 fully saturated rings. The third kappa shape index (κ3) is 4.02. The zero-order valence-corrected chi connectivity index (χ0v) is 9.88. The van der Waals surface area contributed by atoms with E-state index in [-0.39, 0.29) is 5.56 Å². The number of rotatable bonds is 4. The SMILES string of the molecule is CC(C)Cc1cccc(C(NN)C(F)(F)F)c1. The Kier molecular flexibility index (Phi) is 4.54. The lowest BCUT2D eigenvalue weighted by molar-refractivity contribution is -0.157. The van der Waals surface area contributed by atoms with E-state index in [0.717, 1.165) is 12.0 Å². The van der Waals surface area contributed by atoms with Gasteiger partial charge in [0.25, 0.3) is 0 Å². The highest BCUT2D eigenvalue weighted by Gasteiger charge is 2.40. The van der Waals surface area contributed by atoms with Crippen molar-refractivity contribution in [2.75, 3.05) is 0 Å². The van der Waals surface area contributed by atoms with Crippen LogP contribution in [0.1, 0.15) is 31.0 Å². The van der Waals surface area contributed by atoms with Gasteiger partial charge >= 0.3 is 6.18 Å². The molecule has 0 radical (unpaired) electrons. The zero-order chi connectivity index (χ0) is 13.1. The lowest BCUT2D eigenvalue weighted by atomic mass is 9.98. The summed E-state index contributed by atoms with van der Waals surface area (Å²) in [6, 6.07) is 4.63. The van der Waals surface area contributed by atoms with Crippen molar-refractivity contribution in [1.29, 1.82) is 0 Å². The van der Waals surface area contributed by atoms with E-state index in [1.165, 1.54) is 6.07 Å². The Morgan fingerprint density at radius 1 is 1.29 bits per heavy atom. The molecular formula is C12H17F3N2. The Morgan fingerprint density at radius 3 is 2.41 bits per heavy atom. The fraction of sp³-hybridized carbons (Fsp3) is 0.500. The van der Waals surface area contributed by atoms with E-state index in [4.69, 9.17) is 5.84 Å². The Balaban J connectivity index is 2.97. The lowest BCUT2D eigenvalue weighted by Crippen LogP contribution is -2.38. The number of nitrogens with two attached hydrogens (primary N) is 1. The van der Waals surface area contributed by atoms with Crippen molar-refractivity contribution < 1.29 is 13.2 Å². The minimum Gasteiger partial charge on any atom is -0.271 e. The first kappa shape index (κ1) is 14.0. The molecule has 1 atom stereocenters. The molecule has 0 aliphatic heterocycles. The van der Waals surface area contributed by atoms with Crippen molar-refractivity contribution in [3.05, 3.63) is 35.4 Å². The summed E-state index contributed by atoms with van der Waals surface area (Å²) in [5.74, 6) is 5.38. The predicted molar refractivity (Wildman–Crippen MR) is 61.1 cm³/mol. The van der Waals surface area contributed by atoms with Crippen LogP contribution in [0.5, 0.6) is 0 Å². The quantitative estimate of drug-likeness (QED) is 0.633. The average molecular weight is 246 g/mol. The zero-order valence-electron chi connectivity index (χ0n) is 9.88. The Morgan fingerprint density at radius 2 is 1.94 bits per heavy atom. The first-order chi connectivity index (χ1) is 7.84. The van der Waals surface area contributed by atoms with Crippen LogP contribution in [0.15, 0.2) is 24.3 Å². The van der Waals surface area contributed by atoms with Gasteiger partial charge in [0, 0.05) is 0 Å². The molecule has 1 unspecified atom stereocenters. The number of nitrogens with one attached hydrogen (secondary N) is 1. The number of hydrogen-bond acceptors (Lipinski definition) is 2. The summed E-state index contributed by atoms with van der Waals surface area (Å²) in [6.07, 6.45) is -3.63. The largest absolute Gasteiger partial charge is 0.409 e. The summed E-state index contributed by atoms with van der Waals surface area (Å²) < 4.78 is 38.0. The highest BCUT2D eigenvalue weighted by atomic mass is 19.4. The van der Waals surface area contributed by atoms with Crippen LogP contribution in [0.25, 0.3) is 0 Å². The molecule has 0 saturated heterocycles. The van der Waals surface area contributed by atoms with Crippen LogP contribution in [-0.4, -0.2) is 6.18 Å². The van der Waals surface area contributed by atoms with Crippen molar-refractivity contribution in [3.8, 4) is 0 Å². The van der Waals surface area contributed by atoms with Gasteiger partial charge in [-0.05, 0) is 23.5 Å². The lowest BCUT2D eigenvalue weighted by Gasteiger charge is -2.20. The molecule has 5 heteroatoms. The molecule has 0 spiro atoms. The average Bonchev–Trinajstić information content (AvgIpc) is 2.15. The maximum Gasteiger partial charge on any atom is 0.409 e. The molecule has 2 nitrogen and oxygen atoms in total. The van der Waals surface area contributed by atoms with Gasteiger partial charge in [-0.1, -0.05) is 38.1 Å². The van der Waals surface area contributed by atoms with Gasteiger partial charge in [0.1, 0.15) is 6.04 Å². The molecule has 0 bridgehead atoms. The van der Waals surface area contributed by atoms with Gasteiger partial charge in [0.15, 0.2) is 0 Å². The summed E-state index contributed by atoms with van der Waals surface area (Å²) in [5, 5.41) is 0.